The summed E-state index contributed by atoms with van der Waals surface area (Å²) in [5.74, 6) is 3.35. The first kappa shape index (κ1) is 23.3. The molecule has 11 rings (SSSR count). The molecule has 0 amide bonds. The summed E-state index contributed by atoms with van der Waals surface area (Å²) in [6.07, 6.45) is 7.04. The highest BCUT2D eigenvalue weighted by molar-refractivity contribution is 5.96. The average Bonchev–Trinajstić information content (AvgIpc) is 3.31. The number of benzene rings is 5. The van der Waals surface area contributed by atoms with Crippen LogP contribution in [0.25, 0.3) is 55.2 Å². The van der Waals surface area contributed by atoms with Crippen molar-refractivity contribution >= 4 is 21.5 Å². The molecule has 4 bridgehead atoms. The second-order valence-corrected chi connectivity index (χ2v) is 13.5. The van der Waals surface area contributed by atoms with E-state index in [-0.39, 0.29) is 5.41 Å². The molecule has 0 N–H and O–H groups in total. The predicted octanol–water partition coefficient (Wildman–Crippen LogP) is 9.84. The van der Waals surface area contributed by atoms with Crippen LogP contribution in [0.5, 0.6) is 0 Å². The van der Waals surface area contributed by atoms with Crippen LogP contribution in [0.2, 0.25) is 0 Å². The number of aromatic nitrogens is 2. The van der Waals surface area contributed by atoms with Crippen molar-refractivity contribution in [2.75, 3.05) is 0 Å². The van der Waals surface area contributed by atoms with Crippen molar-refractivity contribution in [3.63, 3.8) is 0 Å². The van der Waals surface area contributed by atoms with Gasteiger partial charge in [-0.25, -0.2) is 0 Å². The Hall–Kier alpha value is -4.30. The Labute approximate surface area is 246 Å². The van der Waals surface area contributed by atoms with Gasteiger partial charge in [0.1, 0.15) is 0 Å². The largest absolute Gasteiger partial charge is 0.150 e. The predicted molar refractivity (Wildman–Crippen MR) is 171 cm³/mol. The highest BCUT2D eigenvalue weighted by atomic mass is 15.1. The van der Waals surface area contributed by atoms with Gasteiger partial charge in [-0.2, -0.15) is 0 Å². The van der Waals surface area contributed by atoms with Gasteiger partial charge in [-0.1, -0.05) is 78.9 Å². The SMILES string of the molecule is c1ccc2cc3c(cc2c1)-c1ccc(-c2ccc(-c4cccc5ccccc45)nn2)cc1C31C2CC3CC(C2)CC1C3. The Bertz CT molecular complexity index is 2020. The number of rotatable bonds is 2. The summed E-state index contributed by atoms with van der Waals surface area (Å²) < 4.78 is 0. The van der Waals surface area contributed by atoms with Gasteiger partial charge in [0.05, 0.1) is 11.4 Å². The smallest absolute Gasteiger partial charge is 0.0936 e. The van der Waals surface area contributed by atoms with E-state index in [1.807, 2.05) is 0 Å². The first-order chi connectivity index (χ1) is 20.8. The molecule has 4 saturated carbocycles. The fourth-order valence-electron chi connectivity index (χ4n) is 10.1. The van der Waals surface area contributed by atoms with Crippen LogP contribution in [0.3, 0.4) is 0 Å². The normalized spacial score (nSPS) is 26.7. The van der Waals surface area contributed by atoms with E-state index in [1.54, 1.807) is 11.1 Å². The lowest BCUT2D eigenvalue weighted by atomic mass is 9.43. The van der Waals surface area contributed by atoms with Crippen molar-refractivity contribution in [2.45, 2.75) is 37.5 Å². The molecular weight excluding hydrogens is 508 g/mol. The molecule has 5 aliphatic carbocycles. The molecule has 0 radical (unpaired) electrons. The second kappa shape index (κ2) is 8.38. The number of hydrogen-bond acceptors (Lipinski definition) is 2. The maximum absolute atomic E-state index is 4.83. The molecule has 42 heavy (non-hydrogen) atoms. The molecule has 5 aromatic carbocycles. The highest BCUT2D eigenvalue weighted by Crippen LogP contribution is 2.69. The molecule has 0 aliphatic heterocycles. The van der Waals surface area contributed by atoms with Gasteiger partial charge in [0.25, 0.3) is 0 Å². The molecule has 6 aromatic rings. The van der Waals surface area contributed by atoms with E-state index in [2.05, 4.69) is 109 Å². The van der Waals surface area contributed by atoms with E-state index < -0.39 is 0 Å². The van der Waals surface area contributed by atoms with Crippen LogP contribution in [0, 0.1) is 23.7 Å². The number of hydrogen-bond donors (Lipinski definition) is 0. The molecule has 1 spiro atoms. The van der Waals surface area contributed by atoms with Crippen LogP contribution < -0.4 is 0 Å². The summed E-state index contributed by atoms with van der Waals surface area (Å²) >= 11 is 0. The fraction of sp³-hybridized carbons (Fsp3) is 0.250. The van der Waals surface area contributed by atoms with Crippen molar-refractivity contribution < 1.29 is 0 Å². The zero-order valence-electron chi connectivity index (χ0n) is 23.6. The van der Waals surface area contributed by atoms with Gasteiger partial charge in [-0.05, 0) is 130 Å². The maximum atomic E-state index is 4.83. The molecular formula is C40H32N2. The first-order valence-corrected chi connectivity index (χ1v) is 15.8. The van der Waals surface area contributed by atoms with E-state index in [4.69, 9.17) is 10.2 Å². The van der Waals surface area contributed by atoms with Gasteiger partial charge in [-0.3, -0.25) is 0 Å². The Morgan fingerprint density at radius 3 is 1.88 bits per heavy atom. The second-order valence-electron chi connectivity index (χ2n) is 13.5. The van der Waals surface area contributed by atoms with E-state index >= 15 is 0 Å². The lowest BCUT2D eigenvalue weighted by Gasteiger charge is -2.61. The Morgan fingerprint density at radius 1 is 0.476 bits per heavy atom. The summed E-state index contributed by atoms with van der Waals surface area (Å²) in [6.45, 7) is 0. The Kier molecular flexibility index (Phi) is 4.65. The molecule has 202 valence electrons. The maximum Gasteiger partial charge on any atom is 0.0936 e. The van der Waals surface area contributed by atoms with Gasteiger partial charge in [0.2, 0.25) is 0 Å². The zero-order chi connectivity index (χ0) is 27.4. The molecule has 0 atom stereocenters. The molecule has 0 unspecified atom stereocenters. The molecule has 0 saturated heterocycles. The topological polar surface area (TPSA) is 25.8 Å². The quantitative estimate of drug-likeness (QED) is 0.218. The van der Waals surface area contributed by atoms with Crippen LogP contribution >= 0.6 is 0 Å². The van der Waals surface area contributed by atoms with Gasteiger partial charge in [0.15, 0.2) is 0 Å². The van der Waals surface area contributed by atoms with E-state index in [0.717, 1.165) is 40.6 Å². The number of nitrogens with zero attached hydrogens (tertiary/aromatic N) is 2. The summed E-state index contributed by atoms with van der Waals surface area (Å²) in [7, 11) is 0. The molecule has 1 heterocycles. The average molecular weight is 541 g/mol. The van der Waals surface area contributed by atoms with E-state index in [9.17, 15) is 0 Å². The van der Waals surface area contributed by atoms with Crippen LogP contribution in [0.4, 0.5) is 0 Å². The van der Waals surface area contributed by atoms with E-state index in [1.165, 1.54) is 70.3 Å². The molecule has 2 heteroatoms. The third-order valence-electron chi connectivity index (χ3n) is 11.5. The van der Waals surface area contributed by atoms with Crippen molar-refractivity contribution in [3.05, 3.63) is 120 Å². The van der Waals surface area contributed by atoms with Crippen LogP contribution in [-0.4, -0.2) is 10.2 Å². The minimum atomic E-state index is 0.133. The standard InChI is InChI=1S/C40H32N2/c1-2-8-28-22-37-35(21-27(28)7-1)33-13-12-29(23-36(33)40(37)30-17-24-16-25(19-30)20-31(40)18-24)38-14-15-39(42-41-38)34-11-5-9-26-6-3-4-10-32(26)34/h1-15,21-25,30-31H,16-20H2. The minimum absolute atomic E-state index is 0.133. The van der Waals surface area contributed by atoms with Gasteiger partial charge in [0, 0.05) is 16.5 Å². The monoisotopic (exact) mass is 540 g/mol. The van der Waals surface area contributed by atoms with Crippen LogP contribution in [0.1, 0.15) is 43.2 Å². The summed E-state index contributed by atoms with van der Waals surface area (Å²) in [4.78, 5) is 0. The van der Waals surface area contributed by atoms with Crippen molar-refractivity contribution in [3.8, 4) is 33.6 Å². The van der Waals surface area contributed by atoms with Crippen LogP contribution in [0.15, 0.2) is 109 Å². The lowest BCUT2D eigenvalue weighted by Crippen LogP contribution is -2.55. The highest BCUT2D eigenvalue weighted by Gasteiger charge is 2.61. The van der Waals surface area contributed by atoms with Crippen molar-refractivity contribution in [2.24, 2.45) is 23.7 Å². The Balaban J connectivity index is 1.13. The van der Waals surface area contributed by atoms with Gasteiger partial charge in [-0.15, -0.1) is 10.2 Å². The Morgan fingerprint density at radius 2 is 1.12 bits per heavy atom. The zero-order valence-corrected chi connectivity index (χ0v) is 23.6. The summed E-state index contributed by atoms with van der Waals surface area (Å²) in [6, 6.07) is 40.5. The minimum Gasteiger partial charge on any atom is -0.150 e. The molecule has 5 aliphatic rings. The van der Waals surface area contributed by atoms with Crippen molar-refractivity contribution in [1.29, 1.82) is 0 Å². The number of fused-ring (bicyclic) bond motifs is 5. The molecule has 4 fully saturated rings. The van der Waals surface area contributed by atoms with Crippen molar-refractivity contribution in [1.82, 2.24) is 10.2 Å². The third-order valence-corrected chi connectivity index (χ3v) is 11.5. The summed E-state index contributed by atoms with van der Waals surface area (Å²) in [5.41, 5.74) is 10.4. The first-order valence-electron chi connectivity index (χ1n) is 15.8. The van der Waals surface area contributed by atoms with Gasteiger partial charge >= 0.3 is 0 Å². The fourth-order valence-corrected chi connectivity index (χ4v) is 10.1. The molecule has 1 aromatic heterocycles. The summed E-state index contributed by atoms with van der Waals surface area (Å²) in [5, 5.41) is 14.8. The lowest BCUT2D eigenvalue weighted by molar-refractivity contribution is -0.0398. The van der Waals surface area contributed by atoms with E-state index in [0.29, 0.717) is 0 Å². The molecule has 2 nitrogen and oxygen atoms in total. The van der Waals surface area contributed by atoms with Crippen LogP contribution in [-0.2, 0) is 5.41 Å². The van der Waals surface area contributed by atoms with Gasteiger partial charge < -0.3 is 0 Å². The third kappa shape index (κ3) is 3.05.